The normalized spacial score (nSPS) is 25.1. The number of carboxylic acid groups (broad SMARTS) is 1. The molecule has 0 bridgehead atoms. The Balaban J connectivity index is 1.76. The average molecular weight is 464 g/mol. The first kappa shape index (κ1) is 23.3. The van der Waals surface area contributed by atoms with Crippen LogP contribution in [-0.4, -0.2) is 27.9 Å². The third-order valence-corrected chi connectivity index (χ3v) is 7.53. The number of rotatable bonds is 4. The summed E-state index contributed by atoms with van der Waals surface area (Å²) in [5.41, 5.74) is 1.70. The molecule has 1 aliphatic heterocycles. The highest BCUT2D eigenvalue weighted by molar-refractivity contribution is 6.31. The summed E-state index contributed by atoms with van der Waals surface area (Å²) in [4.78, 5) is 28.2. The van der Waals surface area contributed by atoms with Gasteiger partial charge in [-0.2, -0.15) is 0 Å². The van der Waals surface area contributed by atoms with Crippen molar-refractivity contribution in [3.8, 4) is 0 Å². The van der Waals surface area contributed by atoms with Crippen LogP contribution in [0.5, 0.6) is 0 Å². The number of likely N-dealkylation sites (tertiary alicyclic amines) is 1. The van der Waals surface area contributed by atoms with Crippen LogP contribution in [0.4, 0.5) is 0 Å². The van der Waals surface area contributed by atoms with Gasteiger partial charge < -0.3 is 10.0 Å². The number of carbonyl (C=O) groups is 2. The fraction of sp³-hybridized carbons (Fsp3) is 0.357. The Morgan fingerprint density at radius 2 is 1.70 bits per heavy atom. The van der Waals surface area contributed by atoms with E-state index in [1.807, 2.05) is 69.3 Å². The van der Waals surface area contributed by atoms with E-state index in [-0.39, 0.29) is 11.9 Å². The molecule has 2 aliphatic rings. The summed E-state index contributed by atoms with van der Waals surface area (Å²) < 4.78 is 0. The minimum Gasteiger partial charge on any atom is -0.480 e. The van der Waals surface area contributed by atoms with Crippen molar-refractivity contribution >= 4 is 29.1 Å². The Kier molecular flexibility index (Phi) is 6.24. The van der Waals surface area contributed by atoms with Crippen LogP contribution in [0.1, 0.15) is 57.2 Å². The number of nitrogens with zero attached hydrogens (tertiary/aromatic N) is 1. The first-order valence-electron chi connectivity index (χ1n) is 11.4. The van der Waals surface area contributed by atoms with E-state index < -0.39 is 22.8 Å². The number of carboxylic acids is 1. The van der Waals surface area contributed by atoms with Crippen molar-refractivity contribution < 1.29 is 14.7 Å². The van der Waals surface area contributed by atoms with Gasteiger partial charge in [0.25, 0.3) is 0 Å². The molecular weight excluding hydrogens is 434 g/mol. The summed E-state index contributed by atoms with van der Waals surface area (Å²) in [5, 5.41) is 10.5. The van der Waals surface area contributed by atoms with Crippen molar-refractivity contribution in [1.82, 2.24) is 4.90 Å². The number of allylic oxidation sites excluding steroid dienone is 3. The van der Waals surface area contributed by atoms with Crippen molar-refractivity contribution in [3.63, 3.8) is 0 Å². The fourth-order valence-corrected chi connectivity index (χ4v) is 5.40. The van der Waals surface area contributed by atoms with Crippen LogP contribution in [-0.2, 0) is 9.59 Å². The van der Waals surface area contributed by atoms with Crippen LogP contribution in [0.3, 0.4) is 0 Å². The van der Waals surface area contributed by atoms with Gasteiger partial charge in [0.15, 0.2) is 0 Å². The number of hydrogen-bond acceptors (Lipinski definition) is 2. The summed E-state index contributed by atoms with van der Waals surface area (Å²) in [6, 6.07) is 16.3. The molecule has 0 radical (unpaired) electrons. The van der Waals surface area contributed by atoms with E-state index in [1.165, 1.54) is 0 Å². The third kappa shape index (κ3) is 4.13. The van der Waals surface area contributed by atoms with Gasteiger partial charge in [0.1, 0.15) is 6.04 Å². The molecule has 172 valence electrons. The molecule has 2 aromatic rings. The molecule has 33 heavy (non-hydrogen) atoms. The lowest BCUT2D eigenvalue weighted by Gasteiger charge is -2.46. The molecule has 1 unspecified atom stereocenters. The zero-order valence-electron chi connectivity index (χ0n) is 19.3. The van der Waals surface area contributed by atoms with E-state index in [0.29, 0.717) is 24.3 Å². The predicted molar refractivity (Wildman–Crippen MR) is 132 cm³/mol. The summed E-state index contributed by atoms with van der Waals surface area (Å²) >= 11 is 6.49. The molecule has 1 fully saturated rings. The SMILES string of the molecule is CC(C)(C)C1(C(=O)N2[C@@H](c3ccccc3Cl)CC[C@H]2C(=O)O)C=CC(c2ccccc2)=CC1. The number of halogens is 1. The molecule has 1 aliphatic carbocycles. The second-order valence-electron chi connectivity index (χ2n) is 9.97. The lowest BCUT2D eigenvalue weighted by atomic mass is 9.61. The van der Waals surface area contributed by atoms with Crippen LogP contribution in [0.15, 0.2) is 72.8 Å². The minimum atomic E-state index is -0.970. The number of hydrogen-bond donors (Lipinski definition) is 1. The van der Waals surface area contributed by atoms with Gasteiger partial charge in [-0.05, 0) is 47.4 Å². The van der Waals surface area contributed by atoms with Gasteiger partial charge in [0.2, 0.25) is 5.91 Å². The third-order valence-electron chi connectivity index (χ3n) is 7.19. The Morgan fingerprint density at radius 1 is 1.03 bits per heavy atom. The van der Waals surface area contributed by atoms with Crippen LogP contribution >= 0.6 is 11.6 Å². The summed E-state index contributed by atoms with van der Waals surface area (Å²) in [6.45, 7) is 6.15. The van der Waals surface area contributed by atoms with Crippen LogP contribution < -0.4 is 0 Å². The second kappa shape index (κ2) is 8.83. The zero-order valence-corrected chi connectivity index (χ0v) is 20.0. The topological polar surface area (TPSA) is 57.6 Å². The largest absolute Gasteiger partial charge is 0.480 e. The van der Waals surface area contributed by atoms with Crippen molar-refractivity contribution in [1.29, 1.82) is 0 Å². The maximum Gasteiger partial charge on any atom is 0.326 e. The molecule has 0 saturated carbocycles. The van der Waals surface area contributed by atoms with E-state index in [2.05, 4.69) is 18.2 Å². The summed E-state index contributed by atoms with van der Waals surface area (Å²) in [6.07, 6.45) is 7.60. The number of amides is 1. The van der Waals surface area contributed by atoms with E-state index in [4.69, 9.17) is 11.6 Å². The molecule has 4 nitrogen and oxygen atoms in total. The monoisotopic (exact) mass is 463 g/mol. The molecule has 1 amide bonds. The number of carbonyl (C=O) groups excluding carboxylic acids is 1. The van der Waals surface area contributed by atoms with Crippen LogP contribution in [0, 0.1) is 10.8 Å². The molecular formula is C28H30ClNO3. The highest BCUT2D eigenvalue weighted by atomic mass is 35.5. The van der Waals surface area contributed by atoms with Gasteiger partial charge in [0, 0.05) is 5.02 Å². The number of benzene rings is 2. The van der Waals surface area contributed by atoms with Gasteiger partial charge >= 0.3 is 5.97 Å². The molecule has 4 rings (SSSR count). The minimum absolute atomic E-state index is 0.149. The highest BCUT2D eigenvalue weighted by Gasteiger charge is 2.53. The predicted octanol–water partition coefficient (Wildman–Crippen LogP) is 6.53. The van der Waals surface area contributed by atoms with Crippen molar-refractivity contribution in [2.75, 3.05) is 0 Å². The standard InChI is InChI=1S/C28H30ClNO3/c1-27(2,3)28(17-15-20(16-18-28)19-9-5-4-6-10-19)26(33)30-23(13-14-24(30)25(31)32)21-11-7-8-12-22(21)29/h4-12,15-17,23-24H,13-14,18H2,1-3H3,(H,31,32)/t23-,24+,28?/m1/s1. The molecule has 1 N–H and O–H groups in total. The van der Waals surface area contributed by atoms with Gasteiger partial charge in [-0.25, -0.2) is 4.79 Å². The van der Waals surface area contributed by atoms with Crippen molar-refractivity contribution in [3.05, 3.63) is 89.0 Å². The fourth-order valence-electron chi connectivity index (χ4n) is 5.14. The van der Waals surface area contributed by atoms with Crippen LogP contribution in [0.2, 0.25) is 5.02 Å². The maximum absolute atomic E-state index is 14.4. The smallest absolute Gasteiger partial charge is 0.326 e. The van der Waals surface area contributed by atoms with E-state index >= 15 is 0 Å². The lowest BCUT2D eigenvalue weighted by Crippen LogP contribution is -2.53. The Morgan fingerprint density at radius 3 is 2.27 bits per heavy atom. The van der Waals surface area contributed by atoms with Crippen molar-refractivity contribution in [2.24, 2.45) is 10.8 Å². The summed E-state index contributed by atoms with van der Waals surface area (Å²) in [5.74, 6) is -1.12. The number of aliphatic carboxylic acids is 1. The Bertz CT molecular complexity index is 1120. The molecule has 3 atom stereocenters. The molecule has 5 heteroatoms. The van der Waals surface area contributed by atoms with Crippen LogP contribution in [0.25, 0.3) is 5.57 Å². The maximum atomic E-state index is 14.4. The summed E-state index contributed by atoms with van der Waals surface area (Å²) in [7, 11) is 0. The first-order valence-corrected chi connectivity index (χ1v) is 11.8. The zero-order chi connectivity index (χ0) is 23.8. The molecule has 0 spiro atoms. The molecule has 1 saturated heterocycles. The van der Waals surface area contributed by atoms with Gasteiger partial charge in [-0.15, -0.1) is 0 Å². The highest BCUT2D eigenvalue weighted by Crippen LogP contribution is 2.51. The molecule has 2 aromatic carbocycles. The van der Waals surface area contributed by atoms with Gasteiger partial charge in [-0.1, -0.05) is 99.1 Å². The van der Waals surface area contributed by atoms with E-state index in [9.17, 15) is 14.7 Å². The Hall–Kier alpha value is -2.85. The average Bonchev–Trinajstić information content (AvgIpc) is 3.24. The van der Waals surface area contributed by atoms with Gasteiger partial charge in [-0.3, -0.25) is 4.79 Å². The quantitative estimate of drug-likeness (QED) is 0.560. The molecule has 1 heterocycles. The van der Waals surface area contributed by atoms with E-state index in [1.54, 1.807) is 11.0 Å². The van der Waals surface area contributed by atoms with E-state index in [0.717, 1.165) is 16.7 Å². The Labute approximate surface area is 200 Å². The first-order chi connectivity index (χ1) is 15.7. The van der Waals surface area contributed by atoms with Gasteiger partial charge in [0.05, 0.1) is 11.5 Å². The second-order valence-corrected chi connectivity index (χ2v) is 10.4. The van der Waals surface area contributed by atoms with Crippen molar-refractivity contribution in [2.45, 2.75) is 52.1 Å². The molecule has 0 aromatic heterocycles. The lowest BCUT2D eigenvalue weighted by molar-refractivity contribution is -0.157.